The van der Waals surface area contributed by atoms with Gasteiger partial charge in [-0.1, -0.05) is 54.7 Å². The van der Waals surface area contributed by atoms with E-state index < -0.39 is 11.9 Å². The molecule has 0 aromatic heterocycles. The molecule has 1 fully saturated rings. The fourth-order valence-corrected chi connectivity index (χ4v) is 3.66. The van der Waals surface area contributed by atoms with Crippen LogP contribution in [0.25, 0.3) is 6.08 Å². The second kappa shape index (κ2) is 8.77. The first kappa shape index (κ1) is 19.1. The first-order chi connectivity index (χ1) is 11.9. The van der Waals surface area contributed by atoms with Crippen LogP contribution in [0.4, 0.5) is 0 Å². The molecule has 25 heavy (non-hydrogen) atoms. The number of aromatic carboxylic acids is 1. The highest BCUT2D eigenvalue weighted by Gasteiger charge is 2.31. The third-order valence-corrected chi connectivity index (χ3v) is 4.98. The highest BCUT2D eigenvalue weighted by Crippen LogP contribution is 2.33. The van der Waals surface area contributed by atoms with E-state index in [2.05, 4.69) is 0 Å². The molecule has 1 saturated heterocycles. The maximum atomic E-state index is 12.5. The highest BCUT2D eigenvalue weighted by molar-refractivity contribution is 8.26. The van der Waals surface area contributed by atoms with Crippen LogP contribution in [0.15, 0.2) is 29.2 Å². The van der Waals surface area contributed by atoms with Crippen molar-refractivity contribution < 1.29 is 24.6 Å². The molecular formula is C17H15NO5S2-2. The van der Waals surface area contributed by atoms with Crippen molar-refractivity contribution in [1.82, 2.24) is 4.90 Å². The Kier molecular flexibility index (Phi) is 6.72. The molecule has 6 nitrogen and oxygen atoms in total. The van der Waals surface area contributed by atoms with Crippen LogP contribution in [0.3, 0.4) is 0 Å². The third-order valence-electron chi connectivity index (χ3n) is 3.60. The molecule has 1 amide bonds. The number of carboxylic acid groups (broad SMARTS) is 2. The van der Waals surface area contributed by atoms with Gasteiger partial charge in [0.2, 0.25) is 0 Å². The number of rotatable bonds is 8. The minimum Gasteiger partial charge on any atom is -0.550 e. The second-order valence-electron chi connectivity index (χ2n) is 5.39. The molecular weight excluding hydrogens is 362 g/mol. The van der Waals surface area contributed by atoms with E-state index in [1.165, 1.54) is 17.0 Å². The van der Waals surface area contributed by atoms with Gasteiger partial charge >= 0.3 is 0 Å². The van der Waals surface area contributed by atoms with Crippen molar-refractivity contribution in [2.24, 2.45) is 0 Å². The van der Waals surface area contributed by atoms with Crippen LogP contribution < -0.4 is 10.2 Å². The molecule has 1 aromatic carbocycles. The number of hydrogen-bond acceptors (Lipinski definition) is 7. The van der Waals surface area contributed by atoms with Gasteiger partial charge < -0.3 is 19.8 Å². The van der Waals surface area contributed by atoms with Crippen LogP contribution in [-0.2, 0) is 9.59 Å². The molecule has 0 unspecified atom stereocenters. The standard InChI is InChI=1S/C17H17NO5S2/c19-14(20)8-2-1-5-9-18-15(21)13(25-17(18)24)10-11-6-3-4-7-12(11)16(22)23/h3-4,6-7,10H,1-2,5,8-9H2,(H,19,20)(H,22,23)/p-2/b13-10-. The molecule has 1 heterocycles. The Balaban J connectivity index is 2.03. The summed E-state index contributed by atoms with van der Waals surface area (Å²) < 4.78 is 0.405. The summed E-state index contributed by atoms with van der Waals surface area (Å²) in [7, 11) is 0. The van der Waals surface area contributed by atoms with Crippen molar-refractivity contribution in [2.45, 2.75) is 25.7 Å². The maximum Gasteiger partial charge on any atom is 0.266 e. The number of carboxylic acids is 2. The summed E-state index contributed by atoms with van der Waals surface area (Å²) >= 11 is 6.33. The average molecular weight is 377 g/mol. The van der Waals surface area contributed by atoms with Crippen LogP contribution in [0, 0.1) is 0 Å². The summed E-state index contributed by atoms with van der Waals surface area (Å²) in [6.45, 7) is 0.400. The first-order valence-electron chi connectivity index (χ1n) is 7.65. The summed E-state index contributed by atoms with van der Waals surface area (Å²) in [6, 6.07) is 6.27. The molecule has 0 N–H and O–H groups in total. The van der Waals surface area contributed by atoms with Gasteiger partial charge in [-0.2, -0.15) is 0 Å². The summed E-state index contributed by atoms with van der Waals surface area (Å²) in [5.41, 5.74) is 0.395. The van der Waals surface area contributed by atoms with E-state index in [0.717, 1.165) is 11.8 Å². The number of benzene rings is 1. The number of carbonyl (C=O) groups is 3. The molecule has 0 saturated carbocycles. The smallest absolute Gasteiger partial charge is 0.266 e. The number of thiocarbonyl (C=S) groups is 1. The number of unbranched alkanes of at least 4 members (excludes halogenated alkanes) is 2. The van der Waals surface area contributed by atoms with Gasteiger partial charge in [-0.15, -0.1) is 0 Å². The second-order valence-corrected chi connectivity index (χ2v) is 7.07. The van der Waals surface area contributed by atoms with E-state index in [-0.39, 0.29) is 17.9 Å². The molecule has 0 aliphatic carbocycles. The summed E-state index contributed by atoms with van der Waals surface area (Å²) in [6.07, 6.45) is 3.27. The van der Waals surface area contributed by atoms with Crippen molar-refractivity contribution >= 4 is 52.2 Å². The quantitative estimate of drug-likeness (QED) is 0.371. The lowest BCUT2D eigenvalue weighted by Crippen LogP contribution is -2.29. The van der Waals surface area contributed by atoms with Gasteiger partial charge in [-0.05, 0) is 30.9 Å². The molecule has 2 rings (SSSR count). The van der Waals surface area contributed by atoms with Gasteiger partial charge in [0, 0.05) is 18.1 Å². The predicted molar refractivity (Wildman–Crippen MR) is 94.1 cm³/mol. The largest absolute Gasteiger partial charge is 0.550 e. The zero-order chi connectivity index (χ0) is 18.4. The Morgan fingerprint density at radius 1 is 1.16 bits per heavy atom. The van der Waals surface area contributed by atoms with Gasteiger partial charge in [-0.25, -0.2) is 0 Å². The van der Waals surface area contributed by atoms with Crippen LogP contribution >= 0.6 is 24.0 Å². The van der Waals surface area contributed by atoms with Gasteiger partial charge in [0.05, 0.1) is 10.9 Å². The van der Waals surface area contributed by atoms with E-state index in [1.54, 1.807) is 18.2 Å². The maximum absolute atomic E-state index is 12.5. The van der Waals surface area contributed by atoms with E-state index >= 15 is 0 Å². The highest BCUT2D eigenvalue weighted by atomic mass is 32.2. The lowest BCUT2D eigenvalue weighted by molar-refractivity contribution is -0.305. The van der Waals surface area contributed by atoms with Crippen LogP contribution in [0.5, 0.6) is 0 Å². The first-order valence-corrected chi connectivity index (χ1v) is 8.88. The Morgan fingerprint density at radius 3 is 2.56 bits per heavy atom. The van der Waals surface area contributed by atoms with Gasteiger partial charge in [0.25, 0.3) is 5.91 Å². The molecule has 0 radical (unpaired) electrons. The van der Waals surface area contributed by atoms with Gasteiger partial charge in [-0.3, -0.25) is 9.69 Å². The van der Waals surface area contributed by atoms with E-state index in [4.69, 9.17) is 12.2 Å². The zero-order valence-corrected chi connectivity index (χ0v) is 14.9. The lowest BCUT2D eigenvalue weighted by atomic mass is 10.1. The molecule has 0 spiro atoms. The topological polar surface area (TPSA) is 101 Å². The molecule has 132 valence electrons. The van der Waals surface area contributed by atoms with Gasteiger partial charge in [0.15, 0.2) is 0 Å². The predicted octanol–water partition coefficient (Wildman–Crippen LogP) is 0.562. The molecule has 0 atom stereocenters. The lowest BCUT2D eigenvalue weighted by Gasteiger charge is -2.14. The summed E-state index contributed by atoms with van der Waals surface area (Å²) in [5.74, 6) is -2.67. The number of nitrogens with zero attached hydrogens (tertiary/aromatic N) is 1. The van der Waals surface area contributed by atoms with Crippen LogP contribution in [-0.4, -0.2) is 33.6 Å². The zero-order valence-electron chi connectivity index (χ0n) is 13.2. The molecule has 8 heteroatoms. The fraction of sp³-hybridized carbons (Fsp3) is 0.294. The van der Waals surface area contributed by atoms with Crippen LogP contribution in [0.1, 0.15) is 41.6 Å². The normalized spacial score (nSPS) is 15.8. The third kappa shape index (κ3) is 5.14. The SMILES string of the molecule is O=C([O-])CCCCCN1C(=O)/C(=C/c2ccccc2C(=O)[O-])SC1=S. The number of aliphatic carboxylic acids is 1. The molecule has 1 aromatic rings. The minimum atomic E-state index is -1.31. The Hall–Kier alpha value is -2.19. The molecule has 1 aliphatic rings. The van der Waals surface area contributed by atoms with E-state index in [9.17, 15) is 24.6 Å². The number of amides is 1. The van der Waals surface area contributed by atoms with Crippen LogP contribution in [0.2, 0.25) is 0 Å². The van der Waals surface area contributed by atoms with Crippen molar-refractivity contribution in [3.05, 3.63) is 40.3 Å². The summed E-state index contributed by atoms with van der Waals surface area (Å²) in [5, 5.41) is 21.5. The fourth-order valence-electron chi connectivity index (χ4n) is 2.36. The average Bonchev–Trinajstić information content (AvgIpc) is 2.81. The van der Waals surface area contributed by atoms with Gasteiger partial charge in [0.1, 0.15) is 4.32 Å². The van der Waals surface area contributed by atoms with Crippen molar-refractivity contribution in [3.8, 4) is 0 Å². The number of hydrogen-bond donors (Lipinski definition) is 0. The number of carbonyl (C=O) groups excluding carboxylic acids is 3. The molecule has 1 aliphatic heterocycles. The van der Waals surface area contributed by atoms with E-state index in [1.807, 2.05) is 0 Å². The van der Waals surface area contributed by atoms with E-state index in [0.29, 0.717) is 40.6 Å². The Labute approximate surface area is 154 Å². The summed E-state index contributed by atoms with van der Waals surface area (Å²) in [4.78, 5) is 35.8. The minimum absolute atomic E-state index is 0.00168. The monoisotopic (exact) mass is 377 g/mol. The number of thioether (sulfide) groups is 1. The Morgan fingerprint density at radius 2 is 1.88 bits per heavy atom. The molecule has 0 bridgehead atoms. The Bertz CT molecular complexity index is 744. The van der Waals surface area contributed by atoms with Crippen molar-refractivity contribution in [3.63, 3.8) is 0 Å². The van der Waals surface area contributed by atoms with Crippen molar-refractivity contribution in [1.29, 1.82) is 0 Å². The van der Waals surface area contributed by atoms with Crippen molar-refractivity contribution in [2.75, 3.05) is 6.54 Å².